The second kappa shape index (κ2) is 3.76. The van der Waals surface area contributed by atoms with Crippen molar-refractivity contribution in [3.05, 3.63) is 41.5 Å². The zero-order valence-corrected chi connectivity index (χ0v) is 7.45. The number of hydrogen-bond acceptors (Lipinski definition) is 2. The van der Waals surface area contributed by atoms with Gasteiger partial charge in [0.15, 0.2) is 0 Å². The minimum atomic E-state index is -0.485. The number of rotatable bonds is 2. The van der Waals surface area contributed by atoms with Crippen LogP contribution >= 0.6 is 0 Å². The van der Waals surface area contributed by atoms with Gasteiger partial charge in [0.1, 0.15) is 0 Å². The molecule has 0 aromatic heterocycles. The first-order valence-electron chi connectivity index (χ1n) is 3.94. The summed E-state index contributed by atoms with van der Waals surface area (Å²) in [5.74, 6) is -0.485. The Hall–Kier alpha value is -1.77. The van der Waals surface area contributed by atoms with Crippen molar-refractivity contribution in [3.63, 3.8) is 0 Å². The summed E-state index contributed by atoms with van der Waals surface area (Å²) in [7, 11) is 0. The zero-order valence-electron chi connectivity index (χ0n) is 7.45. The summed E-state index contributed by atoms with van der Waals surface area (Å²) in [5, 5.41) is 0. The molecule has 0 saturated heterocycles. The van der Waals surface area contributed by atoms with Crippen LogP contribution in [-0.4, -0.2) is 5.91 Å². The smallest absolute Gasteiger partial charge is 0.246 e. The summed E-state index contributed by atoms with van der Waals surface area (Å²) in [5.41, 5.74) is 12.5. The molecule has 3 nitrogen and oxygen atoms in total. The van der Waals surface area contributed by atoms with Crippen LogP contribution in [0.4, 0.5) is 0 Å². The number of nitrogens with two attached hydrogens (primary N) is 2. The van der Waals surface area contributed by atoms with Gasteiger partial charge in [-0.3, -0.25) is 4.79 Å². The number of carbonyl (C=O) groups is 1. The van der Waals surface area contributed by atoms with E-state index in [9.17, 15) is 4.79 Å². The van der Waals surface area contributed by atoms with Gasteiger partial charge in [-0.2, -0.15) is 0 Å². The van der Waals surface area contributed by atoms with E-state index in [1.54, 1.807) is 6.92 Å². The number of amides is 1. The van der Waals surface area contributed by atoms with Gasteiger partial charge in [0.25, 0.3) is 0 Å². The molecule has 0 spiro atoms. The third-order valence-corrected chi connectivity index (χ3v) is 1.86. The Labute approximate surface area is 77.0 Å². The van der Waals surface area contributed by atoms with E-state index in [1.165, 1.54) is 0 Å². The summed E-state index contributed by atoms with van der Waals surface area (Å²) in [6, 6.07) is 9.27. The average Bonchev–Trinajstić information content (AvgIpc) is 2.17. The maximum atomic E-state index is 10.8. The van der Waals surface area contributed by atoms with Gasteiger partial charge in [-0.15, -0.1) is 0 Å². The van der Waals surface area contributed by atoms with Gasteiger partial charge in [0.05, 0.1) is 0 Å². The Kier molecular flexibility index (Phi) is 2.69. The highest BCUT2D eigenvalue weighted by atomic mass is 16.1. The zero-order chi connectivity index (χ0) is 9.84. The van der Waals surface area contributed by atoms with Crippen LogP contribution in [0, 0.1) is 0 Å². The van der Waals surface area contributed by atoms with Crippen molar-refractivity contribution in [1.29, 1.82) is 0 Å². The van der Waals surface area contributed by atoms with Gasteiger partial charge >= 0.3 is 0 Å². The maximum Gasteiger partial charge on any atom is 0.246 e. The molecule has 1 aromatic carbocycles. The fourth-order valence-corrected chi connectivity index (χ4v) is 0.967. The van der Waals surface area contributed by atoms with Gasteiger partial charge in [-0.1, -0.05) is 30.3 Å². The van der Waals surface area contributed by atoms with Crippen LogP contribution in [0.2, 0.25) is 0 Å². The first-order chi connectivity index (χ1) is 6.13. The number of primary amides is 1. The average molecular weight is 176 g/mol. The van der Waals surface area contributed by atoms with E-state index in [1.807, 2.05) is 30.3 Å². The normalized spacial score (nSPS) is 12.1. The van der Waals surface area contributed by atoms with Crippen molar-refractivity contribution in [3.8, 4) is 0 Å². The topological polar surface area (TPSA) is 69.1 Å². The molecule has 3 heteroatoms. The highest BCUT2D eigenvalue weighted by Gasteiger charge is 2.04. The quantitative estimate of drug-likeness (QED) is 0.656. The lowest BCUT2D eigenvalue weighted by atomic mass is 10.1. The molecule has 0 bridgehead atoms. The molecule has 0 fully saturated rings. The molecule has 1 aromatic rings. The summed E-state index contributed by atoms with van der Waals surface area (Å²) < 4.78 is 0. The third kappa shape index (κ3) is 2.08. The van der Waals surface area contributed by atoms with Crippen LogP contribution < -0.4 is 11.5 Å². The van der Waals surface area contributed by atoms with Crippen LogP contribution in [0.1, 0.15) is 12.5 Å². The predicted molar refractivity (Wildman–Crippen MR) is 52.4 cm³/mol. The summed E-state index contributed by atoms with van der Waals surface area (Å²) in [6.45, 7) is 1.62. The van der Waals surface area contributed by atoms with Crippen LogP contribution in [0.3, 0.4) is 0 Å². The molecule has 13 heavy (non-hydrogen) atoms. The van der Waals surface area contributed by atoms with E-state index in [2.05, 4.69) is 0 Å². The van der Waals surface area contributed by atoms with Crippen LogP contribution in [0.25, 0.3) is 5.70 Å². The molecule has 4 N–H and O–H groups in total. The minimum Gasteiger partial charge on any atom is -0.398 e. The molecular formula is C10H12N2O. The van der Waals surface area contributed by atoms with Crippen LogP contribution in [0.15, 0.2) is 35.9 Å². The molecule has 1 amide bonds. The Morgan fingerprint density at radius 3 is 2.15 bits per heavy atom. The van der Waals surface area contributed by atoms with E-state index < -0.39 is 5.91 Å². The summed E-state index contributed by atoms with van der Waals surface area (Å²) in [4.78, 5) is 10.8. The van der Waals surface area contributed by atoms with Crippen molar-refractivity contribution in [2.24, 2.45) is 11.5 Å². The highest BCUT2D eigenvalue weighted by molar-refractivity contribution is 5.98. The van der Waals surface area contributed by atoms with Gasteiger partial charge in [-0.05, 0) is 12.5 Å². The molecule has 0 aliphatic rings. The Bertz CT molecular complexity index is 341. The first kappa shape index (κ1) is 9.32. The molecule has 0 aliphatic heterocycles. The standard InChI is InChI=1S/C10H12N2O/c1-7(10(12)13)9(11)8-5-3-2-4-6-8/h2-6H,11H2,1H3,(H2,12,13). The van der Waals surface area contributed by atoms with Crippen molar-refractivity contribution < 1.29 is 4.79 Å². The lowest BCUT2D eigenvalue weighted by Gasteiger charge is -2.03. The SMILES string of the molecule is CC(C(N)=O)=C(N)c1ccccc1. The fraction of sp³-hybridized carbons (Fsp3) is 0.100. The second-order valence-electron chi connectivity index (χ2n) is 2.77. The van der Waals surface area contributed by atoms with Crippen molar-refractivity contribution >= 4 is 11.6 Å². The first-order valence-corrected chi connectivity index (χ1v) is 3.94. The van der Waals surface area contributed by atoms with Gasteiger partial charge in [0.2, 0.25) is 5.91 Å². The second-order valence-corrected chi connectivity index (χ2v) is 2.77. The largest absolute Gasteiger partial charge is 0.398 e. The molecule has 68 valence electrons. The number of hydrogen-bond donors (Lipinski definition) is 2. The number of carbonyl (C=O) groups excluding carboxylic acids is 1. The Morgan fingerprint density at radius 1 is 1.15 bits per heavy atom. The van der Waals surface area contributed by atoms with Gasteiger partial charge in [-0.25, -0.2) is 0 Å². The van der Waals surface area contributed by atoms with Crippen molar-refractivity contribution in [2.75, 3.05) is 0 Å². The van der Waals surface area contributed by atoms with Crippen molar-refractivity contribution in [2.45, 2.75) is 6.92 Å². The molecule has 0 heterocycles. The lowest BCUT2D eigenvalue weighted by Crippen LogP contribution is -2.16. The van der Waals surface area contributed by atoms with E-state index in [0.717, 1.165) is 5.56 Å². The minimum absolute atomic E-state index is 0.395. The van der Waals surface area contributed by atoms with E-state index >= 15 is 0 Å². The van der Waals surface area contributed by atoms with Gasteiger partial charge in [0, 0.05) is 11.3 Å². The van der Waals surface area contributed by atoms with Gasteiger partial charge < -0.3 is 11.5 Å². The lowest BCUT2D eigenvalue weighted by molar-refractivity contribution is -0.114. The fourth-order valence-electron chi connectivity index (χ4n) is 0.967. The monoisotopic (exact) mass is 176 g/mol. The van der Waals surface area contributed by atoms with E-state index in [4.69, 9.17) is 11.5 Å². The molecule has 0 atom stereocenters. The predicted octanol–water partition coefficient (Wildman–Crippen LogP) is 0.862. The molecular weight excluding hydrogens is 164 g/mol. The van der Waals surface area contributed by atoms with Crippen molar-refractivity contribution in [1.82, 2.24) is 0 Å². The Balaban J connectivity index is 3.11. The van der Waals surface area contributed by atoms with Crippen LogP contribution in [-0.2, 0) is 4.79 Å². The summed E-state index contributed by atoms with van der Waals surface area (Å²) in [6.07, 6.45) is 0. The number of benzene rings is 1. The molecule has 0 aliphatic carbocycles. The van der Waals surface area contributed by atoms with E-state index in [-0.39, 0.29) is 0 Å². The van der Waals surface area contributed by atoms with E-state index in [0.29, 0.717) is 11.3 Å². The summed E-state index contributed by atoms with van der Waals surface area (Å²) >= 11 is 0. The molecule has 0 radical (unpaired) electrons. The molecule has 0 unspecified atom stereocenters. The Morgan fingerprint density at radius 2 is 1.69 bits per heavy atom. The highest BCUT2D eigenvalue weighted by Crippen LogP contribution is 2.11. The van der Waals surface area contributed by atoms with Crippen LogP contribution in [0.5, 0.6) is 0 Å². The molecule has 0 saturated carbocycles. The molecule has 1 rings (SSSR count). The maximum absolute atomic E-state index is 10.8. The third-order valence-electron chi connectivity index (χ3n) is 1.86.